The van der Waals surface area contributed by atoms with Gasteiger partial charge in [-0.3, -0.25) is 0 Å². The van der Waals surface area contributed by atoms with Crippen LogP contribution in [0, 0.1) is 0 Å². The summed E-state index contributed by atoms with van der Waals surface area (Å²) in [6.45, 7) is 4.76. The molecule has 216 valence electrons. The molecular formula is C45H31N. The molecule has 46 heavy (non-hydrogen) atoms. The number of nitrogens with zero attached hydrogens (tertiary/aromatic N) is 1. The molecule has 1 aliphatic carbocycles. The Morgan fingerprint density at radius 3 is 2.09 bits per heavy atom. The quantitative estimate of drug-likeness (QED) is 0.190. The van der Waals surface area contributed by atoms with Crippen LogP contribution in [0.25, 0.3) is 82.1 Å². The molecule has 0 saturated heterocycles. The van der Waals surface area contributed by atoms with Crippen LogP contribution in [0.5, 0.6) is 0 Å². The minimum absolute atomic E-state index is 0.0975. The number of fused-ring (bicyclic) bond motifs is 9. The highest BCUT2D eigenvalue weighted by atomic mass is 15.0. The van der Waals surface area contributed by atoms with E-state index < -0.39 is 0 Å². The molecule has 1 heterocycles. The SMILES string of the molecule is CC1(C)c2ccccc2-c2c3c1cccc3cc1c3c4ccccc4ccc3n(-c3ccc4cc(-c5ccccc5)ccc4c3)c21. The summed E-state index contributed by atoms with van der Waals surface area (Å²) in [5.41, 5.74) is 11.6. The summed E-state index contributed by atoms with van der Waals surface area (Å²) in [5.74, 6) is 0. The maximum absolute atomic E-state index is 2.54. The van der Waals surface area contributed by atoms with Gasteiger partial charge in [0.25, 0.3) is 0 Å². The molecule has 0 spiro atoms. The molecule has 0 saturated carbocycles. The van der Waals surface area contributed by atoms with Crippen LogP contribution in [-0.2, 0) is 5.41 Å². The summed E-state index contributed by atoms with van der Waals surface area (Å²) in [4.78, 5) is 0. The van der Waals surface area contributed by atoms with E-state index in [1.165, 1.54) is 93.2 Å². The van der Waals surface area contributed by atoms with Gasteiger partial charge in [-0.1, -0.05) is 135 Å². The fraction of sp³-hybridized carbons (Fsp3) is 0.0667. The van der Waals surface area contributed by atoms with Crippen LogP contribution in [-0.4, -0.2) is 4.57 Å². The molecule has 1 aliphatic rings. The van der Waals surface area contributed by atoms with Gasteiger partial charge in [-0.2, -0.15) is 0 Å². The Morgan fingerprint density at radius 1 is 0.457 bits per heavy atom. The molecule has 10 rings (SSSR count). The van der Waals surface area contributed by atoms with Gasteiger partial charge in [-0.25, -0.2) is 0 Å². The highest BCUT2D eigenvalue weighted by Crippen LogP contribution is 2.53. The van der Waals surface area contributed by atoms with Gasteiger partial charge in [0, 0.05) is 27.4 Å². The maximum Gasteiger partial charge on any atom is 0.0626 e. The third-order valence-electron chi connectivity index (χ3n) is 10.5. The number of rotatable bonds is 2. The molecule has 9 aromatic rings. The number of benzene rings is 8. The summed E-state index contributed by atoms with van der Waals surface area (Å²) in [6, 6.07) is 56.4. The highest BCUT2D eigenvalue weighted by Gasteiger charge is 2.35. The van der Waals surface area contributed by atoms with Crippen molar-refractivity contribution in [3.05, 3.63) is 163 Å². The monoisotopic (exact) mass is 585 g/mol. The van der Waals surface area contributed by atoms with E-state index in [1.54, 1.807) is 0 Å². The lowest BCUT2D eigenvalue weighted by Gasteiger charge is -2.35. The van der Waals surface area contributed by atoms with Gasteiger partial charge in [0.2, 0.25) is 0 Å². The molecule has 0 atom stereocenters. The van der Waals surface area contributed by atoms with Gasteiger partial charge in [0.1, 0.15) is 0 Å². The maximum atomic E-state index is 2.54. The molecule has 8 aromatic carbocycles. The molecule has 0 radical (unpaired) electrons. The smallest absolute Gasteiger partial charge is 0.0626 e. The van der Waals surface area contributed by atoms with Crippen molar-refractivity contribution < 1.29 is 0 Å². The Hall–Kier alpha value is -5.66. The van der Waals surface area contributed by atoms with Crippen LogP contribution < -0.4 is 0 Å². The number of aromatic nitrogens is 1. The predicted molar refractivity (Wildman–Crippen MR) is 196 cm³/mol. The van der Waals surface area contributed by atoms with Crippen molar-refractivity contribution in [2.75, 3.05) is 0 Å². The molecule has 0 fully saturated rings. The van der Waals surface area contributed by atoms with Gasteiger partial charge in [-0.05, 0) is 90.5 Å². The Labute approximate surface area is 268 Å². The largest absolute Gasteiger partial charge is 0.309 e. The van der Waals surface area contributed by atoms with Crippen molar-refractivity contribution in [2.24, 2.45) is 0 Å². The van der Waals surface area contributed by atoms with Crippen LogP contribution in [0.15, 0.2) is 152 Å². The second-order valence-corrected chi connectivity index (χ2v) is 13.4. The van der Waals surface area contributed by atoms with Crippen LogP contribution in [0.2, 0.25) is 0 Å². The van der Waals surface area contributed by atoms with E-state index in [0.29, 0.717) is 0 Å². The second-order valence-electron chi connectivity index (χ2n) is 13.4. The van der Waals surface area contributed by atoms with E-state index in [9.17, 15) is 0 Å². The lowest BCUT2D eigenvalue weighted by molar-refractivity contribution is 0.645. The van der Waals surface area contributed by atoms with Gasteiger partial charge in [0.05, 0.1) is 11.0 Å². The Morgan fingerprint density at radius 2 is 1.17 bits per heavy atom. The topological polar surface area (TPSA) is 4.93 Å². The lowest BCUT2D eigenvalue weighted by Crippen LogP contribution is -2.23. The van der Waals surface area contributed by atoms with E-state index in [0.717, 1.165) is 0 Å². The number of hydrogen-bond donors (Lipinski definition) is 0. The zero-order valence-corrected chi connectivity index (χ0v) is 25.9. The first-order chi connectivity index (χ1) is 22.6. The van der Waals surface area contributed by atoms with Crippen molar-refractivity contribution in [3.8, 4) is 27.9 Å². The van der Waals surface area contributed by atoms with E-state index in [4.69, 9.17) is 0 Å². The Balaban J connectivity index is 1.37. The van der Waals surface area contributed by atoms with E-state index in [2.05, 4.69) is 170 Å². The zero-order valence-electron chi connectivity index (χ0n) is 25.9. The summed E-state index contributed by atoms with van der Waals surface area (Å²) in [6.07, 6.45) is 0. The van der Waals surface area contributed by atoms with Crippen LogP contribution in [0.3, 0.4) is 0 Å². The minimum atomic E-state index is -0.0975. The molecule has 0 unspecified atom stereocenters. The first-order valence-corrected chi connectivity index (χ1v) is 16.2. The van der Waals surface area contributed by atoms with Crippen molar-refractivity contribution >= 4 is 54.1 Å². The Bertz CT molecular complexity index is 2710. The Kier molecular flexibility index (Phi) is 5.12. The molecule has 1 nitrogen and oxygen atoms in total. The van der Waals surface area contributed by atoms with E-state index in [-0.39, 0.29) is 5.41 Å². The van der Waals surface area contributed by atoms with Gasteiger partial charge < -0.3 is 4.57 Å². The standard InChI is InChI=1S/C45H31N/c1-45(2)38-17-9-8-16-36(38)43-41-33(14-10-18-39(41)45)27-37-42-35-15-7-6-13-29(35)22-24-40(42)46(44(37)43)34-23-21-31-25-30(19-20-32(31)26-34)28-11-4-3-5-12-28/h3-27H,1-2H3. The first-order valence-electron chi connectivity index (χ1n) is 16.2. The first kappa shape index (κ1) is 25.6. The summed E-state index contributed by atoms with van der Waals surface area (Å²) in [5, 5.41) is 10.4. The van der Waals surface area contributed by atoms with Gasteiger partial charge >= 0.3 is 0 Å². The average Bonchev–Trinajstić information content (AvgIpc) is 3.44. The summed E-state index contributed by atoms with van der Waals surface area (Å²) in [7, 11) is 0. The number of hydrogen-bond acceptors (Lipinski definition) is 0. The predicted octanol–water partition coefficient (Wildman–Crippen LogP) is 12.2. The summed E-state index contributed by atoms with van der Waals surface area (Å²) < 4.78 is 2.54. The van der Waals surface area contributed by atoms with E-state index >= 15 is 0 Å². The fourth-order valence-electron chi connectivity index (χ4n) is 8.34. The molecule has 1 heteroatoms. The normalized spacial score (nSPS) is 13.6. The third kappa shape index (κ3) is 3.40. The molecule has 0 N–H and O–H groups in total. The van der Waals surface area contributed by atoms with Crippen molar-refractivity contribution in [1.82, 2.24) is 4.57 Å². The highest BCUT2D eigenvalue weighted by molar-refractivity contribution is 6.28. The van der Waals surface area contributed by atoms with Crippen LogP contribution in [0.4, 0.5) is 0 Å². The minimum Gasteiger partial charge on any atom is -0.309 e. The van der Waals surface area contributed by atoms with Gasteiger partial charge in [-0.15, -0.1) is 0 Å². The van der Waals surface area contributed by atoms with Crippen molar-refractivity contribution in [2.45, 2.75) is 19.3 Å². The van der Waals surface area contributed by atoms with Gasteiger partial charge in [0.15, 0.2) is 0 Å². The fourth-order valence-corrected chi connectivity index (χ4v) is 8.34. The molecule has 0 amide bonds. The van der Waals surface area contributed by atoms with Crippen LogP contribution in [0.1, 0.15) is 25.0 Å². The summed E-state index contributed by atoms with van der Waals surface area (Å²) >= 11 is 0. The molecule has 0 aliphatic heterocycles. The molecule has 1 aromatic heterocycles. The molecular weight excluding hydrogens is 555 g/mol. The second kappa shape index (κ2) is 9.19. The lowest BCUT2D eigenvalue weighted by atomic mass is 9.68. The average molecular weight is 586 g/mol. The molecule has 0 bridgehead atoms. The van der Waals surface area contributed by atoms with Crippen LogP contribution >= 0.6 is 0 Å². The zero-order chi connectivity index (χ0) is 30.6. The van der Waals surface area contributed by atoms with E-state index in [1.807, 2.05) is 0 Å². The van der Waals surface area contributed by atoms with Crippen molar-refractivity contribution in [3.63, 3.8) is 0 Å². The van der Waals surface area contributed by atoms with Crippen molar-refractivity contribution in [1.29, 1.82) is 0 Å². The third-order valence-corrected chi connectivity index (χ3v) is 10.5.